The number of hydrogen-bond acceptors (Lipinski definition) is 4. The molecule has 20 heavy (non-hydrogen) atoms. The summed E-state index contributed by atoms with van der Waals surface area (Å²) < 4.78 is 6.15. The van der Waals surface area contributed by atoms with E-state index in [0.717, 1.165) is 4.47 Å². The summed E-state index contributed by atoms with van der Waals surface area (Å²) in [6.45, 7) is -0.271. The van der Waals surface area contributed by atoms with E-state index in [1.807, 2.05) is 0 Å². The minimum atomic E-state index is -1.36. The molecular weight excluding hydrogens is 330 g/mol. The minimum absolute atomic E-state index is 0.0202. The molecule has 1 aromatic carbocycles. The van der Waals surface area contributed by atoms with Crippen molar-refractivity contribution in [3.8, 4) is 5.75 Å². The zero-order chi connectivity index (χ0) is 14.8. The molecule has 6 nitrogen and oxygen atoms in total. The lowest BCUT2D eigenvalue weighted by molar-refractivity contribution is -0.158. The number of aliphatic hydroxyl groups excluding tert-OH is 1. The summed E-state index contributed by atoms with van der Waals surface area (Å²) in [5.41, 5.74) is -1.36. The Morgan fingerprint density at radius 2 is 1.95 bits per heavy atom. The lowest BCUT2D eigenvalue weighted by Gasteiger charge is -2.41. The molecule has 1 aromatic rings. The topological polar surface area (TPSA) is 95.9 Å². The Labute approximate surface area is 123 Å². The standard InChI is InChI=1S/C13H14BrNO5/c14-8-1-3-10(4-2-8)20-7-11(17)15-13(12(18)19)5-9(16)6-13/h1-4,9,16H,5-7H2,(H,15,17)(H,18,19). The zero-order valence-corrected chi connectivity index (χ0v) is 12.1. The number of carboxylic acid groups (broad SMARTS) is 1. The maximum atomic E-state index is 11.7. The largest absolute Gasteiger partial charge is 0.484 e. The van der Waals surface area contributed by atoms with Crippen LogP contribution in [0.4, 0.5) is 0 Å². The number of hydrogen-bond donors (Lipinski definition) is 3. The Morgan fingerprint density at radius 3 is 2.45 bits per heavy atom. The molecule has 0 aromatic heterocycles. The Balaban J connectivity index is 1.86. The zero-order valence-electron chi connectivity index (χ0n) is 10.5. The van der Waals surface area contributed by atoms with Crippen LogP contribution in [-0.2, 0) is 9.59 Å². The summed E-state index contributed by atoms with van der Waals surface area (Å²) in [4.78, 5) is 22.8. The van der Waals surface area contributed by atoms with Crippen molar-refractivity contribution in [3.05, 3.63) is 28.7 Å². The average molecular weight is 344 g/mol. The van der Waals surface area contributed by atoms with Gasteiger partial charge in [-0.25, -0.2) is 4.79 Å². The highest BCUT2D eigenvalue weighted by Gasteiger charge is 2.51. The van der Waals surface area contributed by atoms with Crippen LogP contribution in [0, 0.1) is 0 Å². The van der Waals surface area contributed by atoms with Crippen molar-refractivity contribution in [1.29, 1.82) is 0 Å². The monoisotopic (exact) mass is 343 g/mol. The van der Waals surface area contributed by atoms with Gasteiger partial charge < -0.3 is 20.3 Å². The summed E-state index contributed by atoms with van der Waals surface area (Å²) in [5, 5.41) is 20.7. The summed E-state index contributed by atoms with van der Waals surface area (Å²) in [6.07, 6.45) is -0.641. The van der Waals surface area contributed by atoms with Crippen molar-refractivity contribution in [2.45, 2.75) is 24.5 Å². The van der Waals surface area contributed by atoms with Crippen molar-refractivity contribution < 1.29 is 24.5 Å². The van der Waals surface area contributed by atoms with Crippen LogP contribution in [0.3, 0.4) is 0 Å². The number of nitrogens with one attached hydrogen (secondary N) is 1. The number of amides is 1. The number of aliphatic hydroxyl groups is 1. The van der Waals surface area contributed by atoms with Gasteiger partial charge in [-0.3, -0.25) is 4.79 Å². The minimum Gasteiger partial charge on any atom is -0.484 e. The van der Waals surface area contributed by atoms with E-state index in [-0.39, 0.29) is 19.4 Å². The number of rotatable bonds is 5. The summed E-state index contributed by atoms with van der Waals surface area (Å²) in [7, 11) is 0. The normalized spacial score (nSPS) is 24.6. The van der Waals surface area contributed by atoms with Crippen LogP contribution in [0.2, 0.25) is 0 Å². The van der Waals surface area contributed by atoms with E-state index in [1.54, 1.807) is 24.3 Å². The van der Waals surface area contributed by atoms with Gasteiger partial charge in [0.15, 0.2) is 6.61 Å². The highest BCUT2D eigenvalue weighted by molar-refractivity contribution is 9.10. The molecular formula is C13H14BrNO5. The van der Waals surface area contributed by atoms with Crippen molar-refractivity contribution >= 4 is 27.8 Å². The first-order chi connectivity index (χ1) is 9.41. The number of carboxylic acids is 1. The maximum Gasteiger partial charge on any atom is 0.329 e. The predicted molar refractivity (Wildman–Crippen MR) is 73.4 cm³/mol. The van der Waals surface area contributed by atoms with E-state index in [0.29, 0.717) is 5.75 Å². The fourth-order valence-electron chi connectivity index (χ4n) is 2.06. The van der Waals surface area contributed by atoms with Crippen LogP contribution in [0.1, 0.15) is 12.8 Å². The molecule has 3 N–H and O–H groups in total. The third-order valence-electron chi connectivity index (χ3n) is 3.14. The third-order valence-corrected chi connectivity index (χ3v) is 3.67. The lowest BCUT2D eigenvalue weighted by atomic mass is 9.74. The molecule has 7 heteroatoms. The van der Waals surface area contributed by atoms with E-state index in [9.17, 15) is 14.7 Å². The number of ether oxygens (including phenoxy) is 1. The second-order valence-corrected chi connectivity index (χ2v) is 5.66. The Bertz CT molecular complexity index is 510. The van der Waals surface area contributed by atoms with Crippen molar-refractivity contribution in [1.82, 2.24) is 5.32 Å². The lowest BCUT2D eigenvalue weighted by Crippen LogP contribution is -2.64. The van der Waals surface area contributed by atoms with Gasteiger partial charge >= 0.3 is 5.97 Å². The quantitative estimate of drug-likeness (QED) is 0.738. The van der Waals surface area contributed by atoms with Gasteiger partial charge in [-0.15, -0.1) is 0 Å². The number of carbonyl (C=O) groups excluding carboxylic acids is 1. The smallest absolute Gasteiger partial charge is 0.329 e. The number of halogens is 1. The van der Waals surface area contributed by atoms with Crippen LogP contribution >= 0.6 is 15.9 Å². The van der Waals surface area contributed by atoms with Gasteiger partial charge in [0, 0.05) is 17.3 Å². The van der Waals surface area contributed by atoms with Crippen LogP contribution in [-0.4, -0.2) is 40.3 Å². The molecule has 1 aliphatic rings. The molecule has 0 unspecified atom stereocenters. The average Bonchev–Trinajstić information content (AvgIpc) is 2.35. The van der Waals surface area contributed by atoms with Crippen molar-refractivity contribution in [2.75, 3.05) is 6.61 Å². The molecule has 0 bridgehead atoms. The Morgan fingerprint density at radius 1 is 1.35 bits per heavy atom. The first-order valence-electron chi connectivity index (χ1n) is 6.02. The SMILES string of the molecule is O=C(COc1ccc(Br)cc1)NC1(C(=O)O)CC(O)C1. The van der Waals surface area contributed by atoms with Gasteiger partial charge in [-0.2, -0.15) is 0 Å². The number of aliphatic carboxylic acids is 1. The molecule has 1 aliphatic carbocycles. The Kier molecular flexibility index (Phi) is 4.29. The number of carbonyl (C=O) groups is 2. The second kappa shape index (κ2) is 5.80. The van der Waals surface area contributed by atoms with Gasteiger partial charge in [-0.1, -0.05) is 15.9 Å². The second-order valence-electron chi connectivity index (χ2n) is 4.74. The molecule has 0 aliphatic heterocycles. The summed E-state index contributed by atoms with van der Waals surface area (Å²) >= 11 is 3.28. The van der Waals surface area contributed by atoms with Gasteiger partial charge in [-0.05, 0) is 24.3 Å². The highest BCUT2D eigenvalue weighted by atomic mass is 79.9. The molecule has 0 radical (unpaired) electrons. The van der Waals surface area contributed by atoms with E-state index < -0.39 is 23.5 Å². The number of benzene rings is 1. The Hall–Kier alpha value is -1.60. The van der Waals surface area contributed by atoms with Crippen molar-refractivity contribution in [3.63, 3.8) is 0 Å². The van der Waals surface area contributed by atoms with Crippen LogP contribution in [0.25, 0.3) is 0 Å². The first-order valence-corrected chi connectivity index (χ1v) is 6.81. The van der Waals surface area contributed by atoms with Crippen molar-refractivity contribution in [2.24, 2.45) is 0 Å². The van der Waals surface area contributed by atoms with Gasteiger partial charge in [0.2, 0.25) is 0 Å². The van der Waals surface area contributed by atoms with Crippen LogP contribution < -0.4 is 10.1 Å². The van der Waals surface area contributed by atoms with Gasteiger partial charge in [0.1, 0.15) is 11.3 Å². The molecule has 0 saturated heterocycles. The predicted octanol–water partition coefficient (Wildman–Crippen LogP) is 0.922. The van der Waals surface area contributed by atoms with E-state index in [1.165, 1.54) is 0 Å². The fourth-order valence-corrected chi connectivity index (χ4v) is 2.32. The molecule has 0 atom stereocenters. The maximum absolute atomic E-state index is 11.7. The molecule has 0 heterocycles. The van der Waals surface area contributed by atoms with E-state index >= 15 is 0 Å². The van der Waals surface area contributed by atoms with Gasteiger partial charge in [0.25, 0.3) is 5.91 Å². The summed E-state index contributed by atoms with van der Waals surface area (Å²) in [5.74, 6) is -1.15. The molecule has 1 amide bonds. The fraction of sp³-hybridized carbons (Fsp3) is 0.385. The first kappa shape index (κ1) is 14.8. The molecule has 2 rings (SSSR count). The summed E-state index contributed by atoms with van der Waals surface area (Å²) in [6, 6.07) is 6.93. The van der Waals surface area contributed by atoms with Gasteiger partial charge in [0.05, 0.1) is 6.10 Å². The van der Waals surface area contributed by atoms with Crippen LogP contribution in [0.5, 0.6) is 5.75 Å². The van der Waals surface area contributed by atoms with E-state index in [4.69, 9.17) is 9.84 Å². The highest BCUT2D eigenvalue weighted by Crippen LogP contribution is 2.32. The van der Waals surface area contributed by atoms with Crippen LogP contribution in [0.15, 0.2) is 28.7 Å². The third kappa shape index (κ3) is 3.29. The molecule has 1 fully saturated rings. The molecule has 1 saturated carbocycles. The molecule has 0 spiro atoms. The molecule has 108 valence electrons. The van der Waals surface area contributed by atoms with E-state index in [2.05, 4.69) is 21.2 Å².